The van der Waals surface area contributed by atoms with Crippen LogP contribution in [0.3, 0.4) is 0 Å². The molecule has 2 aliphatic heterocycles. The van der Waals surface area contributed by atoms with Crippen molar-refractivity contribution in [2.24, 2.45) is 11.1 Å². The molecule has 0 aromatic heterocycles. The van der Waals surface area contributed by atoms with Gasteiger partial charge in [-0.15, -0.1) is 0 Å². The van der Waals surface area contributed by atoms with E-state index in [2.05, 4.69) is 5.16 Å². The molecule has 13 heavy (non-hydrogen) atoms. The lowest BCUT2D eigenvalue weighted by Crippen LogP contribution is -2.27. The Labute approximate surface area is 76.0 Å². The molecule has 0 amide bonds. The molecule has 0 saturated heterocycles. The molecule has 0 aliphatic carbocycles. The zero-order valence-corrected chi connectivity index (χ0v) is 7.06. The van der Waals surface area contributed by atoms with Gasteiger partial charge in [0.2, 0.25) is 0 Å². The number of hydrogen-bond acceptors (Lipinski definition) is 3. The summed E-state index contributed by atoms with van der Waals surface area (Å²) in [5.74, 6) is 1.25. The molecule has 0 spiro atoms. The fourth-order valence-electron chi connectivity index (χ4n) is 1.74. The molecule has 1 aromatic rings. The minimum absolute atomic E-state index is 0.329. The number of oxime groups is 1. The number of nitrogens with zero attached hydrogens (tertiary/aromatic N) is 1. The van der Waals surface area contributed by atoms with Gasteiger partial charge in [0.25, 0.3) is 0 Å². The van der Waals surface area contributed by atoms with Crippen molar-refractivity contribution in [2.75, 3.05) is 13.2 Å². The van der Waals surface area contributed by atoms with Crippen LogP contribution < -0.4 is 4.74 Å². The van der Waals surface area contributed by atoms with Gasteiger partial charge in [0.1, 0.15) is 24.7 Å². The number of para-hydroxylation sites is 1. The molecule has 0 fully saturated rings. The molecule has 0 saturated carbocycles. The van der Waals surface area contributed by atoms with Crippen LogP contribution in [0.1, 0.15) is 5.56 Å². The molecular weight excluding hydrogens is 166 g/mol. The SMILES string of the molecule is c1ccc2c(c1)OCC1CON=C21. The van der Waals surface area contributed by atoms with E-state index < -0.39 is 0 Å². The Morgan fingerprint density at radius 2 is 2.15 bits per heavy atom. The predicted octanol–water partition coefficient (Wildman–Crippen LogP) is 1.43. The number of ether oxygens (including phenoxy) is 1. The van der Waals surface area contributed by atoms with Gasteiger partial charge in [-0.05, 0) is 12.1 Å². The molecule has 2 aliphatic rings. The highest BCUT2D eigenvalue weighted by Gasteiger charge is 2.31. The Kier molecular flexibility index (Phi) is 1.33. The lowest BCUT2D eigenvalue weighted by atomic mass is 9.96. The van der Waals surface area contributed by atoms with E-state index >= 15 is 0 Å². The van der Waals surface area contributed by atoms with Crippen LogP contribution in [0.2, 0.25) is 0 Å². The van der Waals surface area contributed by atoms with Gasteiger partial charge in [-0.1, -0.05) is 17.3 Å². The molecule has 0 radical (unpaired) electrons. The van der Waals surface area contributed by atoms with Crippen LogP contribution >= 0.6 is 0 Å². The molecule has 0 bridgehead atoms. The molecule has 0 N–H and O–H groups in total. The average molecular weight is 175 g/mol. The summed E-state index contributed by atoms with van der Waals surface area (Å²) in [7, 11) is 0. The molecule has 3 rings (SSSR count). The summed E-state index contributed by atoms with van der Waals surface area (Å²) in [6.07, 6.45) is 0. The van der Waals surface area contributed by atoms with Gasteiger partial charge < -0.3 is 9.57 Å². The third kappa shape index (κ3) is 0.932. The number of hydrogen-bond donors (Lipinski definition) is 0. The second-order valence-electron chi connectivity index (χ2n) is 3.28. The normalized spacial score (nSPS) is 23.7. The van der Waals surface area contributed by atoms with E-state index in [0.29, 0.717) is 19.1 Å². The Bertz CT molecular complexity index is 373. The van der Waals surface area contributed by atoms with Crippen molar-refractivity contribution in [1.82, 2.24) is 0 Å². The highest BCUT2D eigenvalue weighted by atomic mass is 16.6. The maximum Gasteiger partial charge on any atom is 0.129 e. The van der Waals surface area contributed by atoms with Crippen LogP contribution in [0.5, 0.6) is 5.75 Å². The molecule has 66 valence electrons. The van der Waals surface area contributed by atoms with Crippen LogP contribution in [0.4, 0.5) is 0 Å². The Balaban J connectivity index is 2.15. The standard InChI is InChI=1S/C10H9NO2/c1-2-4-9-8(3-1)10-7(5-12-9)6-13-11-10/h1-4,7H,5-6H2. The summed E-state index contributed by atoms with van der Waals surface area (Å²) in [6.45, 7) is 1.35. The molecule has 1 aromatic carbocycles. The van der Waals surface area contributed by atoms with Crippen LogP contribution in [-0.4, -0.2) is 18.9 Å². The Morgan fingerprint density at radius 3 is 3.15 bits per heavy atom. The molecule has 1 unspecified atom stereocenters. The maximum atomic E-state index is 5.58. The number of fused-ring (bicyclic) bond motifs is 3. The van der Waals surface area contributed by atoms with Gasteiger partial charge in [-0.25, -0.2) is 0 Å². The summed E-state index contributed by atoms with van der Waals surface area (Å²) in [4.78, 5) is 5.06. The van der Waals surface area contributed by atoms with Crippen molar-refractivity contribution >= 4 is 5.71 Å². The second kappa shape index (κ2) is 2.49. The van der Waals surface area contributed by atoms with Gasteiger partial charge in [-0.3, -0.25) is 0 Å². The molecular formula is C10H9NO2. The fourth-order valence-corrected chi connectivity index (χ4v) is 1.74. The van der Waals surface area contributed by atoms with Crippen molar-refractivity contribution in [3.63, 3.8) is 0 Å². The van der Waals surface area contributed by atoms with E-state index in [4.69, 9.17) is 9.57 Å². The summed E-state index contributed by atoms with van der Waals surface area (Å²) in [5.41, 5.74) is 2.12. The predicted molar refractivity (Wildman–Crippen MR) is 47.9 cm³/mol. The zero-order valence-electron chi connectivity index (χ0n) is 7.06. The first kappa shape index (κ1) is 6.95. The van der Waals surface area contributed by atoms with Crippen molar-refractivity contribution in [3.8, 4) is 5.75 Å². The van der Waals surface area contributed by atoms with Crippen LogP contribution in [-0.2, 0) is 4.84 Å². The Morgan fingerprint density at radius 1 is 1.23 bits per heavy atom. The molecule has 2 heterocycles. The van der Waals surface area contributed by atoms with E-state index in [-0.39, 0.29) is 0 Å². The van der Waals surface area contributed by atoms with E-state index in [0.717, 1.165) is 17.0 Å². The first-order valence-electron chi connectivity index (χ1n) is 4.37. The first-order chi connectivity index (χ1) is 6.45. The van der Waals surface area contributed by atoms with Crippen LogP contribution in [0.25, 0.3) is 0 Å². The highest BCUT2D eigenvalue weighted by molar-refractivity contribution is 6.05. The average Bonchev–Trinajstić information content (AvgIpc) is 2.65. The Hall–Kier alpha value is -1.51. The van der Waals surface area contributed by atoms with Gasteiger partial charge in [0, 0.05) is 5.56 Å². The first-order valence-corrected chi connectivity index (χ1v) is 4.37. The van der Waals surface area contributed by atoms with Crippen molar-refractivity contribution in [1.29, 1.82) is 0 Å². The molecule has 3 nitrogen and oxygen atoms in total. The van der Waals surface area contributed by atoms with Crippen LogP contribution in [0, 0.1) is 5.92 Å². The minimum Gasteiger partial charge on any atom is -0.492 e. The number of rotatable bonds is 0. The van der Waals surface area contributed by atoms with Crippen molar-refractivity contribution in [2.45, 2.75) is 0 Å². The fraction of sp³-hybridized carbons (Fsp3) is 0.300. The van der Waals surface area contributed by atoms with E-state index in [1.165, 1.54) is 0 Å². The lowest BCUT2D eigenvalue weighted by Gasteiger charge is -2.20. The maximum absolute atomic E-state index is 5.58. The van der Waals surface area contributed by atoms with Crippen LogP contribution in [0.15, 0.2) is 29.4 Å². The van der Waals surface area contributed by atoms with Gasteiger partial charge in [0.05, 0.1) is 5.92 Å². The second-order valence-corrected chi connectivity index (χ2v) is 3.28. The quantitative estimate of drug-likeness (QED) is 0.597. The van der Waals surface area contributed by atoms with Gasteiger partial charge >= 0.3 is 0 Å². The van der Waals surface area contributed by atoms with Crippen molar-refractivity contribution in [3.05, 3.63) is 29.8 Å². The largest absolute Gasteiger partial charge is 0.492 e. The lowest BCUT2D eigenvalue weighted by molar-refractivity contribution is 0.137. The summed E-state index contributed by atoms with van der Waals surface area (Å²) in [6, 6.07) is 7.95. The van der Waals surface area contributed by atoms with E-state index in [1.54, 1.807) is 0 Å². The smallest absolute Gasteiger partial charge is 0.129 e. The third-order valence-corrected chi connectivity index (χ3v) is 2.43. The third-order valence-electron chi connectivity index (χ3n) is 2.43. The summed E-state index contributed by atoms with van der Waals surface area (Å²) < 4.78 is 5.58. The van der Waals surface area contributed by atoms with E-state index in [9.17, 15) is 0 Å². The topological polar surface area (TPSA) is 30.8 Å². The highest BCUT2D eigenvalue weighted by Crippen LogP contribution is 2.30. The van der Waals surface area contributed by atoms with E-state index in [1.807, 2.05) is 24.3 Å². The monoisotopic (exact) mass is 175 g/mol. The number of benzene rings is 1. The molecule has 1 atom stereocenters. The van der Waals surface area contributed by atoms with Gasteiger partial charge in [-0.2, -0.15) is 0 Å². The molecule has 3 heteroatoms. The van der Waals surface area contributed by atoms with Gasteiger partial charge in [0.15, 0.2) is 0 Å². The zero-order chi connectivity index (χ0) is 8.67. The summed E-state index contributed by atoms with van der Waals surface area (Å²) >= 11 is 0. The summed E-state index contributed by atoms with van der Waals surface area (Å²) in [5, 5.41) is 4.04. The minimum atomic E-state index is 0.329. The van der Waals surface area contributed by atoms with Crippen molar-refractivity contribution < 1.29 is 9.57 Å².